The fourth-order valence-electron chi connectivity index (χ4n) is 2.90. The molecule has 0 spiro atoms. The van der Waals surface area contributed by atoms with E-state index in [9.17, 15) is 13.2 Å². The number of carbonyl (C=O) groups is 1. The Morgan fingerprint density at radius 1 is 1.40 bits per heavy atom. The van der Waals surface area contributed by atoms with Crippen LogP contribution in [0.4, 0.5) is 0 Å². The van der Waals surface area contributed by atoms with Crippen LogP contribution in [0, 0.1) is 5.92 Å². The third-order valence-electron chi connectivity index (χ3n) is 4.33. The zero-order chi connectivity index (χ0) is 18.4. The second-order valence-corrected chi connectivity index (χ2v) is 7.84. The van der Waals surface area contributed by atoms with Crippen molar-refractivity contribution in [2.75, 3.05) is 26.7 Å². The summed E-state index contributed by atoms with van der Waals surface area (Å²) in [6.07, 6.45) is 2.19. The molecule has 0 amide bonds. The summed E-state index contributed by atoms with van der Waals surface area (Å²) in [6, 6.07) is 7.26. The number of benzene rings is 1. The molecule has 138 valence electrons. The summed E-state index contributed by atoms with van der Waals surface area (Å²) >= 11 is 0. The van der Waals surface area contributed by atoms with Crippen molar-refractivity contribution in [2.45, 2.75) is 19.4 Å². The van der Waals surface area contributed by atoms with E-state index in [1.54, 1.807) is 13.2 Å². The van der Waals surface area contributed by atoms with Gasteiger partial charge in [0.2, 0.25) is 0 Å². The van der Waals surface area contributed by atoms with Gasteiger partial charge in [-0.3, -0.25) is 4.79 Å². The molecule has 0 unspecified atom stereocenters. The zero-order valence-corrected chi connectivity index (χ0v) is 15.1. The predicted molar refractivity (Wildman–Crippen MR) is 94.5 cm³/mol. The van der Waals surface area contributed by atoms with Crippen LogP contribution in [0.5, 0.6) is 5.75 Å². The monoisotopic (exact) mass is 368 g/mol. The van der Waals surface area contributed by atoms with Gasteiger partial charge < -0.3 is 9.84 Å². The lowest BCUT2D eigenvalue weighted by Crippen LogP contribution is -2.47. The maximum Gasteiger partial charge on any atom is 0.306 e. The van der Waals surface area contributed by atoms with Crippen molar-refractivity contribution >= 4 is 16.2 Å². The first-order valence-electron chi connectivity index (χ1n) is 8.11. The van der Waals surface area contributed by atoms with Gasteiger partial charge in [-0.15, -0.1) is 6.58 Å². The van der Waals surface area contributed by atoms with Crippen molar-refractivity contribution < 1.29 is 23.1 Å². The topological polar surface area (TPSA) is 87.2 Å². The van der Waals surface area contributed by atoms with E-state index >= 15 is 0 Å². The van der Waals surface area contributed by atoms with Crippen LogP contribution in [0.2, 0.25) is 0 Å². The number of methoxy groups -OCH3 is 1. The van der Waals surface area contributed by atoms with Crippen molar-refractivity contribution in [1.29, 1.82) is 0 Å². The maximum absolute atomic E-state index is 13.0. The number of carboxylic acid groups (broad SMARTS) is 1. The standard InChI is InChI=1S/C17H24N2O5S/c1-3-10-19(13-15-6-4-5-7-16(15)24-2)25(22,23)18-11-8-14(9-12-18)17(20)21/h3-7,14H,1,8-13H2,2H3,(H,20,21). The molecule has 0 bridgehead atoms. The van der Waals surface area contributed by atoms with Gasteiger partial charge in [0.25, 0.3) is 10.2 Å². The van der Waals surface area contributed by atoms with Gasteiger partial charge in [0.15, 0.2) is 0 Å². The highest BCUT2D eigenvalue weighted by atomic mass is 32.2. The Bertz CT molecular complexity index is 712. The Labute approximate surface area is 148 Å². The van der Waals surface area contributed by atoms with E-state index < -0.39 is 22.1 Å². The van der Waals surface area contributed by atoms with Gasteiger partial charge in [-0.2, -0.15) is 17.0 Å². The third kappa shape index (κ3) is 4.59. The molecular weight excluding hydrogens is 344 g/mol. The number of rotatable bonds is 8. The molecule has 7 nitrogen and oxygen atoms in total. The van der Waals surface area contributed by atoms with Gasteiger partial charge in [0.05, 0.1) is 13.0 Å². The molecule has 1 heterocycles. The Morgan fingerprint density at radius 2 is 2.04 bits per heavy atom. The molecule has 1 aromatic rings. The molecule has 0 radical (unpaired) electrons. The smallest absolute Gasteiger partial charge is 0.306 e. The molecule has 0 aliphatic carbocycles. The average Bonchev–Trinajstić information content (AvgIpc) is 2.61. The molecule has 1 saturated heterocycles. The molecule has 2 rings (SSSR count). The summed E-state index contributed by atoms with van der Waals surface area (Å²) < 4.78 is 33.9. The van der Waals surface area contributed by atoms with Gasteiger partial charge in [-0.05, 0) is 18.9 Å². The van der Waals surface area contributed by atoms with Gasteiger partial charge in [0, 0.05) is 31.7 Å². The molecule has 1 aliphatic heterocycles. The van der Waals surface area contributed by atoms with Crippen molar-refractivity contribution in [3.05, 3.63) is 42.5 Å². The van der Waals surface area contributed by atoms with Crippen molar-refractivity contribution in [3.63, 3.8) is 0 Å². The van der Waals surface area contributed by atoms with Crippen LogP contribution < -0.4 is 4.74 Å². The number of ether oxygens (including phenoxy) is 1. The summed E-state index contributed by atoms with van der Waals surface area (Å²) in [5.41, 5.74) is 0.760. The molecule has 1 N–H and O–H groups in total. The largest absolute Gasteiger partial charge is 0.496 e. The quantitative estimate of drug-likeness (QED) is 0.706. The molecule has 1 aromatic carbocycles. The minimum absolute atomic E-state index is 0.164. The van der Waals surface area contributed by atoms with Crippen molar-refractivity contribution in [2.24, 2.45) is 5.92 Å². The zero-order valence-electron chi connectivity index (χ0n) is 14.3. The van der Waals surface area contributed by atoms with Crippen LogP contribution in [0.3, 0.4) is 0 Å². The van der Waals surface area contributed by atoms with Gasteiger partial charge in [-0.25, -0.2) is 0 Å². The van der Waals surface area contributed by atoms with Gasteiger partial charge >= 0.3 is 5.97 Å². The van der Waals surface area contributed by atoms with Crippen molar-refractivity contribution in [1.82, 2.24) is 8.61 Å². The van der Waals surface area contributed by atoms with Crippen LogP contribution in [0.1, 0.15) is 18.4 Å². The van der Waals surface area contributed by atoms with Crippen LogP contribution in [-0.4, -0.2) is 54.8 Å². The van der Waals surface area contributed by atoms with Gasteiger partial charge in [0.1, 0.15) is 5.75 Å². The lowest BCUT2D eigenvalue weighted by Gasteiger charge is -2.33. The highest BCUT2D eigenvalue weighted by Crippen LogP contribution is 2.25. The Kier molecular flexibility index (Phi) is 6.57. The Hall–Kier alpha value is -1.90. The second-order valence-electron chi connectivity index (χ2n) is 5.91. The summed E-state index contributed by atoms with van der Waals surface area (Å²) in [4.78, 5) is 11.1. The van der Waals surface area contributed by atoms with E-state index in [-0.39, 0.29) is 26.2 Å². The number of hydrogen-bond acceptors (Lipinski definition) is 4. The van der Waals surface area contributed by atoms with Gasteiger partial charge in [-0.1, -0.05) is 24.3 Å². The maximum atomic E-state index is 13.0. The Balaban J connectivity index is 2.18. The predicted octanol–water partition coefficient (Wildman–Crippen LogP) is 1.72. The minimum Gasteiger partial charge on any atom is -0.496 e. The first kappa shape index (κ1) is 19.4. The van der Waals surface area contributed by atoms with Crippen molar-refractivity contribution in [3.8, 4) is 5.75 Å². The molecule has 8 heteroatoms. The van der Waals surface area contributed by atoms with E-state index in [4.69, 9.17) is 9.84 Å². The molecule has 1 fully saturated rings. The first-order valence-corrected chi connectivity index (χ1v) is 9.50. The minimum atomic E-state index is -3.71. The molecular formula is C17H24N2O5S. The number of para-hydroxylation sites is 1. The third-order valence-corrected chi connectivity index (χ3v) is 6.28. The van der Waals surface area contributed by atoms with Crippen LogP contribution in [0.25, 0.3) is 0 Å². The van der Waals surface area contributed by atoms with Crippen LogP contribution in [-0.2, 0) is 21.5 Å². The fourth-order valence-corrected chi connectivity index (χ4v) is 4.50. The molecule has 0 saturated carbocycles. The fraction of sp³-hybridized carbons (Fsp3) is 0.471. The summed E-state index contributed by atoms with van der Waals surface area (Å²) in [7, 11) is -2.17. The number of aliphatic carboxylic acids is 1. The van der Waals surface area contributed by atoms with Crippen LogP contribution in [0.15, 0.2) is 36.9 Å². The molecule has 0 aromatic heterocycles. The summed E-state index contributed by atoms with van der Waals surface area (Å²) in [5, 5.41) is 9.07. The van der Waals surface area contributed by atoms with Crippen LogP contribution >= 0.6 is 0 Å². The lowest BCUT2D eigenvalue weighted by atomic mass is 9.99. The van der Waals surface area contributed by atoms with E-state index in [0.29, 0.717) is 18.6 Å². The molecule has 0 atom stereocenters. The highest BCUT2D eigenvalue weighted by molar-refractivity contribution is 7.86. The number of hydrogen-bond donors (Lipinski definition) is 1. The number of nitrogens with zero attached hydrogens (tertiary/aromatic N) is 2. The number of carboxylic acids is 1. The summed E-state index contributed by atoms with van der Waals surface area (Å²) in [6.45, 7) is 4.39. The summed E-state index contributed by atoms with van der Waals surface area (Å²) in [5.74, 6) is -0.723. The normalized spacial score (nSPS) is 16.7. The first-order chi connectivity index (χ1) is 11.9. The molecule has 25 heavy (non-hydrogen) atoms. The van der Waals surface area contributed by atoms with E-state index in [2.05, 4.69) is 6.58 Å². The SMILES string of the molecule is C=CCN(Cc1ccccc1OC)S(=O)(=O)N1CCC(C(=O)O)CC1. The Morgan fingerprint density at radius 3 is 2.60 bits per heavy atom. The molecule has 1 aliphatic rings. The average molecular weight is 368 g/mol. The second kappa shape index (κ2) is 8.46. The lowest BCUT2D eigenvalue weighted by molar-refractivity contribution is -0.142. The van der Waals surface area contributed by atoms with E-state index in [1.165, 1.54) is 14.7 Å². The van der Waals surface area contributed by atoms with E-state index in [1.807, 2.05) is 18.2 Å². The number of piperidine rings is 1. The highest BCUT2D eigenvalue weighted by Gasteiger charge is 2.34. The van der Waals surface area contributed by atoms with E-state index in [0.717, 1.165) is 5.56 Å².